The van der Waals surface area contributed by atoms with E-state index in [1.54, 1.807) is 12.4 Å². The topological polar surface area (TPSA) is 24.7 Å². The van der Waals surface area contributed by atoms with E-state index in [0.29, 0.717) is 0 Å². The Bertz CT molecular complexity index is 459. The number of hydrogen-bond acceptors (Lipinski definition) is 2. The van der Waals surface area contributed by atoms with Crippen molar-refractivity contribution in [3.05, 3.63) is 85.3 Å². The van der Waals surface area contributed by atoms with Crippen LogP contribution >= 0.6 is 0 Å². The smallest absolute Gasteiger partial charge is 0.0266 e. The van der Waals surface area contributed by atoms with Crippen molar-refractivity contribution >= 4 is 12.4 Å². The van der Waals surface area contributed by atoms with Gasteiger partial charge in [-0.1, -0.05) is 49.6 Å². The fourth-order valence-corrected chi connectivity index (χ4v) is 1.28. The Kier molecular flexibility index (Phi) is 8.13. The molecule has 2 nitrogen and oxygen atoms in total. The number of nitrogens with zero attached hydrogens (tertiary/aromatic N) is 2. The standard InChI is InChI=1S/2C6H7N.C6H6/c2*1-6-2-4-7-5-3-6;1-2-4-6-5-3-1/h2*2,4-5H,1,3H2;1-6H. The second-order valence-corrected chi connectivity index (χ2v) is 4.17. The summed E-state index contributed by atoms with van der Waals surface area (Å²) in [6, 6.07) is 12.0. The predicted octanol–water partition coefficient (Wildman–Crippen LogP) is 4.75. The average Bonchev–Trinajstić information content (AvgIpc) is 2.52. The first-order valence-corrected chi connectivity index (χ1v) is 6.51. The monoisotopic (exact) mass is 264 g/mol. The van der Waals surface area contributed by atoms with E-state index in [9.17, 15) is 0 Å². The Morgan fingerprint density at radius 3 is 1.15 bits per heavy atom. The minimum Gasteiger partial charge on any atom is -0.269 e. The van der Waals surface area contributed by atoms with Crippen LogP contribution in [0.3, 0.4) is 0 Å². The van der Waals surface area contributed by atoms with E-state index in [1.165, 1.54) is 0 Å². The summed E-state index contributed by atoms with van der Waals surface area (Å²) in [5.74, 6) is 0. The Balaban J connectivity index is 0.000000151. The first-order chi connectivity index (χ1) is 9.79. The molecule has 0 saturated heterocycles. The zero-order valence-corrected chi connectivity index (χ0v) is 11.7. The predicted molar refractivity (Wildman–Crippen MR) is 89.2 cm³/mol. The van der Waals surface area contributed by atoms with Crippen LogP contribution in [0.15, 0.2) is 95.2 Å². The number of hydrogen-bond donors (Lipinski definition) is 0. The molecule has 2 aliphatic rings. The molecule has 0 saturated carbocycles. The first kappa shape index (κ1) is 15.6. The molecule has 0 aliphatic carbocycles. The van der Waals surface area contributed by atoms with Crippen molar-refractivity contribution in [1.82, 2.24) is 0 Å². The fraction of sp³-hybridized carbons (Fsp3) is 0.111. The summed E-state index contributed by atoms with van der Waals surface area (Å²) in [5, 5.41) is 0. The highest BCUT2D eigenvalue weighted by atomic mass is 14.7. The van der Waals surface area contributed by atoms with Crippen LogP contribution in [0.1, 0.15) is 12.8 Å². The lowest BCUT2D eigenvalue weighted by atomic mass is 10.2. The third kappa shape index (κ3) is 8.59. The van der Waals surface area contributed by atoms with Crippen LogP contribution in [0, 0.1) is 0 Å². The van der Waals surface area contributed by atoms with Gasteiger partial charge in [-0.05, 0) is 23.3 Å². The van der Waals surface area contributed by atoms with Crippen LogP contribution < -0.4 is 0 Å². The zero-order chi connectivity index (χ0) is 14.5. The second kappa shape index (κ2) is 10.4. The molecule has 1 aromatic rings. The quantitative estimate of drug-likeness (QED) is 0.646. The van der Waals surface area contributed by atoms with E-state index in [0.717, 1.165) is 24.0 Å². The van der Waals surface area contributed by atoms with E-state index < -0.39 is 0 Å². The number of rotatable bonds is 0. The fourth-order valence-electron chi connectivity index (χ4n) is 1.28. The molecular weight excluding hydrogens is 244 g/mol. The third-order valence-electron chi connectivity index (χ3n) is 2.38. The molecule has 0 N–H and O–H groups in total. The Morgan fingerprint density at radius 1 is 0.650 bits per heavy atom. The number of aliphatic imine (C=N–C) groups is 2. The Morgan fingerprint density at radius 2 is 1.00 bits per heavy atom. The van der Waals surface area contributed by atoms with Gasteiger partial charge in [-0.15, -0.1) is 0 Å². The zero-order valence-electron chi connectivity index (χ0n) is 11.7. The van der Waals surface area contributed by atoms with Gasteiger partial charge in [0.05, 0.1) is 0 Å². The highest BCUT2D eigenvalue weighted by Gasteiger charge is 1.86. The molecule has 3 rings (SSSR count). The van der Waals surface area contributed by atoms with Gasteiger partial charge in [-0.3, -0.25) is 9.98 Å². The van der Waals surface area contributed by atoms with E-state index in [-0.39, 0.29) is 0 Å². The van der Waals surface area contributed by atoms with Crippen molar-refractivity contribution in [2.24, 2.45) is 9.98 Å². The van der Waals surface area contributed by atoms with Crippen molar-refractivity contribution < 1.29 is 0 Å². The molecular formula is C18H20N2. The maximum absolute atomic E-state index is 3.86. The third-order valence-corrected chi connectivity index (χ3v) is 2.38. The van der Waals surface area contributed by atoms with Crippen molar-refractivity contribution in [3.63, 3.8) is 0 Å². The van der Waals surface area contributed by atoms with Gasteiger partial charge < -0.3 is 0 Å². The maximum Gasteiger partial charge on any atom is 0.0266 e. The van der Waals surface area contributed by atoms with Crippen LogP contribution in [0.25, 0.3) is 0 Å². The van der Waals surface area contributed by atoms with Crippen LogP contribution in [-0.2, 0) is 0 Å². The largest absolute Gasteiger partial charge is 0.269 e. The summed E-state index contributed by atoms with van der Waals surface area (Å²) in [7, 11) is 0. The molecule has 0 unspecified atom stereocenters. The van der Waals surface area contributed by atoms with E-state index >= 15 is 0 Å². The summed E-state index contributed by atoms with van der Waals surface area (Å²) in [4.78, 5) is 7.72. The Hall–Kier alpha value is -2.48. The first-order valence-electron chi connectivity index (χ1n) is 6.51. The molecule has 102 valence electrons. The van der Waals surface area contributed by atoms with Gasteiger partial charge in [0.1, 0.15) is 0 Å². The van der Waals surface area contributed by atoms with E-state index in [2.05, 4.69) is 23.1 Å². The molecule has 20 heavy (non-hydrogen) atoms. The summed E-state index contributed by atoms with van der Waals surface area (Å²) in [5.41, 5.74) is 2.27. The SMILES string of the molecule is C=C1C=CN=CC1.C=C1C=CN=CC1.c1ccccc1. The van der Waals surface area contributed by atoms with Gasteiger partial charge in [-0.2, -0.15) is 0 Å². The molecule has 2 heteroatoms. The normalized spacial score (nSPS) is 15.0. The van der Waals surface area contributed by atoms with Gasteiger partial charge in [0.2, 0.25) is 0 Å². The lowest BCUT2D eigenvalue weighted by Crippen LogP contribution is -1.81. The van der Waals surface area contributed by atoms with Crippen LogP contribution in [-0.4, -0.2) is 12.4 Å². The Labute approximate surface area is 121 Å². The molecule has 0 spiro atoms. The van der Waals surface area contributed by atoms with Gasteiger partial charge in [0.15, 0.2) is 0 Å². The molecule has 0 bridgehead atoms. The number of benzene rings is 1. The lowest BCUT2D eigenvalue weighted by molar-refractivity contribution is 1.33. The summed E-state index contributed by atoms with van der Waals surface area (Å²) in [6.45, 7) is 7.47. The molecule has 2 heterocycles. The van der Waals surface area contributed by atoms with Gasteiger partial charge in [0.25, 0.3) is 0 Å². The molecule has 0 radical (unpaired) electrons. The minimum absolute atomic E-state index is 0.913. The van der Waals surface area contributed by atoms with Gasteiger partial charge in [-0.25, -0.2) is 0 Å². The number of allylic oxidation sites excluding steroid dienone is 4. The highest BCUT2D eigenvalue weighted by molar-refractivity contribution is 5.65. The minimum atomic E-state index is 0.913. The second-order valence-electron chi connectivity index (χ2n) is 4.17. The van der Waals surface area contributed by atoms with E-state index in [4.69, 9.17) is 0 Å². The van der Waals surface area contributed by atoms with E-state index in [1.807, 2.05) is 61.0 Å². The van der Waals surface area contributed by atoms with Gasteiger partial charge >= 0.3 is 0 Å². The molecule has 0 atom stereocenters. The van der Waals surface area contributed by atoms with Crippen LogP contribution in [0.2, 0.25) is 0 Å². The van der Waals surface area contributed by atoms with Crippen molar-refractivity contribution in [2.75, 3.05) is 0 Å². The summed E-state index contributed by atoms with van der Waals surface area (Å²) in [6.07, 6.45) is 12.9. The summed E-state index contributed by atoms with van der Waals surface area (Å²) < 4.78 is 0. The van der Waals surface area contributed by atoms with Gasteiger partial charge in [0, 0.05) is 37.7 Å². The van der Waals surface area contributed by atoms with Crippen molar-refractivity contribution in [2.45, 2.75) is 12.8 Å². The molecule has 0 fully saturated rings. The molecule has 0 aromatic heterocycles. The van der Waals surface area contributed by atoms with Crippen molar-refractivity contribution in [3.8, 4) is 0 Å². The lowest BCUT2D eigenvalue weighted by Gasteiger charge is -1.94. The molecule has 1 aromatic carbocycles. The maximum atomic E-state index is 3.86. The average molecular weight is 264 g/mol. The molecule has 2 aliphatic heterocycles. The summed E-state index contributed by atoms with van der Waals surface area (Å²) >= 11 is 0. The molecule has 0 amide bonds. The van der Waals surface area contributed by atoms with Crippen LogP contribution in [0.5, 0.6) is 0 Å². The van der Waals surface area contributed by atoms with Crippen LogP contribution in [0.4, 0.5) is 0 Å². The van der Waals surface area contributed by atoms with Crippen molar-refractivity contribution in [1.29, 1.82) is 0 Å². The highest BCUT2D eigenvalue weighted by Crippen LogP contribution is 2.01.